The van der Waals surface area contributed by atoms with Gasteiger partial charge in [0.1, 0.15) is 11.9 Å². The second-order valence-corrected chi connectivity index (χ2v) is 6.33. The van der Waals surface area contributed by atoms with Gasteiger partial charge < -0.3 is 10.1 Å². The van der Waals surface area contributed by atoms with Crippen molar-refractivity contribution in [2.24, 2.45) is 0 Å². The summed E-state index contributed by atoms with van der Waals surface area (Å²) in [7, 11) is 0. The van der Waals surface area contributed by atoms with Gasteiger partial charge in [-0.15, -0.1) is 0 Å². The molecule has 0 aliphatic carbocycles. The van der Waals surface area contributed by atoms with Gasteiger partial charge in [0, 0.05) is 11.4 Å². The van der Waals surface area contributed by atoms with Crippen molar-refractivity contribution in [3.05, 3.63) is 57.1 Å². The van der Waals surface area contributed by atoms with E-state index in [4.69, 9.17) is 27.9 Å². The molecule has 0 saturated heterocycles. The predicted molar refractivity (Wildman–Crippen MR) is 89.0 cm³/mol. The minimum atomic E-state index is 0.123. The average molecular weight is 322 g/mol. The number of hydrogen-bond acceptors (Lipinski definition) is 2. The molecule has 110 valence electrons. The van der Waals surface area contributed by atoms with Crippen LogP contribution in [-0.4, -0.2) is 12.6 Å². The van der Waals surface area contributed by atoms with E-state index in [9.17, 15) is 0 Å². The molecule has 4 heteroatoms. The van der Waals surface area contributed by atoms with Gasteiger partial charge in [-0.3, -0.25) is 0 Å². The highest BCUT2D eigenvalue weighted by Crippen LogP contribution is 2.31. The van der Waals surface area contributed by atoms with Gasteiger partial charge in [-0.25, -0.2) is 0 Å². The summed E-state index contributed by atoms with van der Waals surface area (Å²) in [4.78, 5) is 0. The number of rotatable bonds is 3. The Hall–Kier alpha value is -1.38. The number of halogens is 2. The van der Waals surface area contributed by atoms with Crippen LogP contribution in [0.3, 0.4) is 0 Å². The van der Waals surface area contributed by atoms with Crippen LogP contribution in [-0.2, 0) is 6.42 Å². The number of nitrogens with one attached hydrogen (secondary N) is 1. The first-order valence-electron chi connectivity index (χ1n) is 6.98. The maximum absolute atomic E-state index is 6.23. The third-order valence-electron chi connectivity index (χ3n) is 3.73. The van der Waals surface area contributed by atoms with E-state index in [-0.39, 0.29) is 6.10 Å². The van der Waals surface area contributed by atoms with Crippen LogP contribution < -0.4 is 10.1 Å². The molecule has 2 nitrogen and oxygen atoms in total. The van der Waals surface area contributed by atoms with Crippen molar-refractivity contribution in [2.45, 2.75) is 26.4 Å². The van der Waals surface area contributed by atoms with Crippen molar-refractivity contribution in [1.29, 1.82) is 0 Å². The fraction of sp³-hybridized carbons (Fsp3) is 0.294. The lowest BCUT2D eigenvalue weighted by Gasteiger charge is -2.14. The zero-order valence-corrected chi connectivity index (χ0v) is 13.6. The normalized spacial score (nSPS) is 16.5. The van der Waals surface area contributed by atoms with E-state index in [1.807, 2.05) is 25.1 Å². The minimum absolute atomic E-state index is 0.123. The molecular formula is C17H17Cl2NO. The standard InChI is InChI=1S/C17H17Cl2NO/c1-10-3-4-17-12(5-10)7-13(21-17)9-20-16-8-14(18)11(2)6-15(16)19/h3-6,8,13,20H,7,9H2,1-2H3. The van der Waals surface area contributed by atoms with Gasteiger partial charge in [0.25, 0.3) is 0 Å². The third kappa shape index (κ3) is 3.12. The Morgan fingerprint density at radius 3 is 2.76 bits per heavy atom. The summed E-state index contributed by atoms with van der Waals surface area (Å²) < 4.78 is 5.94. The lowest BCUT2D eigenvalue weighted by atomic mass is 10.1. The molecule has 2 aromatic carbocycles. The fourth-order valence-corrected chi connectivity index (χ4v) is 3.02. The van der Waals surface area contributed by atoms with Gasteiger partial charge in [0.05, 0.1) is 17.3 Å². The molecule has 1 heterocycles. The van der Waals surface area contributed by atoms with E-state index in [1.54, 1.807) is 0 Å². The number of aryl methyl sites for hydroxylation is 2. The summed E-state index contributed by atoms with van der Waals surface area (Å²) in [6.45, 7) is 4.74. The zero-order valence-electron chi connectivity index (χ0n) is 12.0. The first kappa shape index (κ1) is 14.6. The Balaban J connectivity index is 1.66. The van der Waals surface area contributed by atoms with Crippen LogP contribution in [0.5, 0.6) is 5.75 Å². The summed E-state index contributed by atoms with van der Waals surface area (Å²) in [5, 5.41) is 4.73. The quantitative estimate of drug-likeness (QED) is 0.856. The molecule has 1 atom stereocenters. The maximum atomic E-state index is 6.23. The highest BCUT2D eigenvalue weighted by Gasteiger charge is 2.22. The van der Waals surface area contributed by atoms with E-state index in [2.05, 4.69) is 24.4 Å². The van der Waals surface area contributed by atoms with Crippen molar-refractivity contribution >= 4 is 28.9 Å². The summed E-state index contributed by atoms with van der Waals surface area (Å²) in [5.74, 6) is 0.987. The van der Waals surface area contributed by atoms with Crippen molar-refractivity contribution in [2.75, 3.05) is 11.9 Å². The molecule has 1 unspecified atom stereocenters. The average Bonchev–Trinajstić information content (AvgIpc) is 2.83. The number of benzene rings is 2. The summed E-state index contributed by atoms with van der Waals surface area (Å²) in [6.07, 6.45) is 1.04. The lowest BCUT2D eigenvalue weighted by Crippen LogP contribution is -2.24. The molecule has 1 aliphatic rings. The van der Waals surface area contributed by atoms with E-state index >= 15 is 0 Å². The van der Waals surface area contributed by atoms with Crippen LogP contribution in [0.1, 0.15) is 16.7 Å². The lowest BCUT2D eigenvalue weighted by molar-refractivity contribution is 0.246. The van der Waals surface area contributed by atoms with Gasteiger partial charge in [-0.1, -0.05) is 40.9 Å². The largest absolute Gasteiger partial charge is 0.488 e. The summed E-state index contributed by atoms with van der Waals surface area (Å²) in [5.41, 5.74) is 4.37. The van der Waals surface area contributed by atoms with Gasteiger partial charge in [0.15, 0.2) is 0 Å². The Morgan fingerprint density at radius 2 is 1.95 bits per heavy atom. The van der Waals surface area contributed by atoms with Gasteiger partial charge in [-0.2, -0.15) is 0 Å². The van der Waals surface area contributed by atoms with E-state index < -0.39 is 0 Å². The van der Waals surface area contributed by atoms with Crippen LogP contribution in [0.25, 0.3) is 0 Å². The minimum Gasteiger partial charge on any atom is -0.488 e. The molecule has 1 N–H and O–H groups in total. The SMILES string of the molecule is Cc1ccc2c(c1)CC(CNc1cc(Cl)c(C)cc1Cl)O2. The zero-order chi connectivity index (χ0) is 15.0. The molecule has 21 heavy (non-hydrogen) atoms. The molecule has 0 aromatic heterocycles. The summed E-state index contributed by atoms with van der Waals surface area (Å²) in [6, 6.07) is 10.0. The number of fused-ring (bicyclic) bond motifs is 1. The fourth-order valence-electron chi connectivity index (χ4n) is 2.57. The molecule has 0 saturated carbocycles. The molecule has 2 aromatic rings. The van der Waals surface area contributed by atoms with Crippen molar-refractivity contribution in [3.8, 4) is 5.75 Å². The van der Waals surface area contributed by atoms with Crippen LogP contribution in [0, 0.1) is 13.8 Å². The monoisotopic (exact) mass is 321 g/mol. The first-order valence-corrected chi connectivity index (χ1v) is 7.74. The third-order valence-corrected chi connectivity index (χ3v) is 4.45. The van der Waals surface area contributed by atoms with Crippen molar-refractivity contribution in [3.63, 3.8) is 0 Å². The second-order valence-electron chi connectivity index (χ2n) is 5.52. The highest BCUT2D eigenvalue weighted by molar-refractivity contribution is 6.35. The second kappa shape index (κ2) is 5.78. The number of hydrogen-bond donors (Lipinski definition) is 1. The maximum Gasteiger partial charge on any atom is 0.123 e. The van der Waals surface area contributed by atoms with E-state index in [0.29, 0.717) is 16.6 Å². The van der Waals surface area contributed by atoms with Crippen molar-refractivity contribution in [1.82, 2.24) is 0 Å². The molecular weight excluding hydrogens is 305 g/mol. The van der Waals surface area contributed by atoms with Crippen LogP contribution in [0.2, 0.25) is 10.0 Å². The molecule has 0 amide bonds. The summed E-state index contributed by atoms with van der Waals surface area (Å²) >= 11 is 12.4. The molecule has 0 fully saturated rings. The molecule has 0 bridgehead atoms. The molecule has 1 aliphatic heterocycles. The topological polar surface area (TPSA) is 21.3 Å². The van der Waals surface area contributed by atoms with E-state index in [1.165, 1.54) is 11.1 Å². The highest BCUT2D eigenvalue weighted by atomic mass is 35.5. The van der Waals surface area contributed by atoms with Crippen LogP contribution in [0.4, 0.5) is 5.69 Å². The van der Waals surface area contributed by atoms with Crippen molar-refractivity contribution < 1.29 is 4.74 Å². The van der Waals surface area contributed by atoms with Gasteiger partial charge in [0.2, 0.25) is 0 Å². The Bertz CT molecular complexity index is 685. The van der Waals surface area contributed by atoms with Gasteiger partial charge >= 0.3 is 0 Å². The first-order chi connectivity index (χ1) is 10.0. The van der Waals surface area contributed by atoms with Crippen LogP contribution in [0.15, 0.2) is 30.3 Å². The molecule has 0 spiro atoms. The van der Waals surface area contributed by atoms with E-state index in [0.717, 1.165) is 23.4 Å². The number of ether oxygens (including phenoxy) is 1. The van der Waals surface area contributed by atoms with Crippen LogP contribution >= 0.6 is 23.2 Å². The molecule has 0 radical (unpaired) electrons. The Kier molecular flexibility index (Phi) is 4.01. The Morgan fingerprint density at radius 1 is 1.14 bits per heavy atom. The van der Waals surface area contributed by atoms with Gasteiger partial charge in [-0.05, 0) is 43.2 Å². The predicted octanol–water partition coefficient (Wildman–Crippen LogP) is 5.03. The molecule has 3 rings (SSSR count). The smallest absolute Gasteiger partial charge is 0.123 e. The Labute approximate surface area is 135 Å². The number of anilines is 1.